The molecule has 0 aliphatic carbocycles. The van der Waals surface area contributed by atoms with Gasteiger partial charge in [0.25, 0.3) is 0 Å². The summed E-state index contributed by atoms with van der Waals surface area (Å²) in [6, 6.07) is 4.36. The van der Waals surface area contributed by atoms with Crippen LogP contribution in [0.25, 0.3) is 0 Å². The number of hydrogen-bond donors (Lipinski definition) is 1. The van der Waals surface area contributed by atoms with Crippen LogP contribution < -0.4 is 5.73 Å². The SMILES string of the molecule is CCN(Cc1cccs1)C1(CN)CCCN(C)C1. The van der Waals surface area contributed by atoms with Crippen molar-refractivity contribution in [1.29, 1.82) is 0 Å². The third-order valence-corrected chi connectivity index (χ3v) is 4.97. The summed E-state index contributed by atoms with van der Waals surface area (Å²) in [5.74, 6) is 0. The molecule has 2 rings (SSSR count). The van der Waals surface area contributed by atoms with E-state index in [0.717, 1.165) is 26.2 Å². The summed E-state index contributed by atoms with van der Waals surface area (Å²) in [6.45, 7) is 7.43. The number of rotatable bonds is 5. The molecule has 2 heterocycles. The fraction of sp³-hybridized carbons (Fsp3) is 0.714. The van der Waals surface area contributed by atoms with Crippen molar-refractivity contribution in [3.8, 4) is 0 Å². The molecule has 1 fully saturated rings. The molecule has 0 aromatic carbocycles. The second-order valence-corrected chi connectivity index (χ2v) is 6.40. The zero-order valence-corrected chi connectivity index (χ0v) is 12.4. The maximum absolute atomic E-state index is 6.14. The highest BCUT2D eigenvalue weighted by atomic mass is 32.1. The smallest absolute Gasteiger partial charge is 0.0462 e. The summed E-state index contributed by atoms with van der Waals surface area (Å²) >= 11 is 1.84. The Morgan fingerprint density at radius 1 is 1.56 bits per heavy atom. The summed E-state index contributed by atoms with van der Waals surface area (Å²) in [6.07, 6.45) is 2.49. The number of piperidine rings is 1. The lowest BCUT2D eigenvalue weighted by atomic mass is 9.87. The predicted molar refractivity (Wildman–Crippen MR) is 78.9 cm³/mol. The van der Waals surface area contributed by atoms with E-state index in [-0.39, 0.29) is 5.54 Å². The highest BCUT2D eigenvalue weighted by Crippen LogP contribution is 2.28. The number of hydrogen-bond acceptors (Lipinski definition) is 4. The van der Waals surface area contributed by atoms with Gasteiger partial charge < -0.3 is 10.6 Å². The van der Waals surface area contributed by atoms with Gasteiger partial charge in [0.05, 0.1) is 0 Å². The summed E-state index contributed by atoms with van der Waals surface area (Å²) in [5.41, 5.74) is 6.31. The molecule has 0 radical (unpaired) electrons. The molecule has 1 aliphatic rings. The van der Waals surface area contributed by atoms with E-state index in [1.807, 2.05) is 11.3 Å². The van der Waals surface area contributed by atoms with E-state index < -0.39 is 0 Å². The van der Waals surface area contributed by atoms with E-state index in [0.29, 0.717) is 0 Å². The lowest BCUT2D eigenvalue weighted by Crippen LogP contribution is -2.61. The van der Waals surface area contributed by atoms with Gasteiger partial charge in [-0.05, 0) is 44.4 Å². The van der Waals surface area contributed by atoms with Crippen molar-refractivity contribution in [2.75, 3.05) is 33.2 Å². The van der Waals surface area contributed by atoms with E-state index >= 15 is 0 Å². The third kappa shape index (κ3) is 2.94. The Morgan fingerprint density at radius 3 is 2.94 bits per heavy atom. The molecule has 0 bridgehead atoms. The summed E-state index contributed by atoms with van der Waals surface area (Å²) in [4.78, 5) is 6.44. The Hall–Kier alpha value is -0.420. The molecule has 1 aromatic rings. The molecule has 102 valence electrons. The molecular weight excluding hydrogens is 242 g/mol. The normalized spacial score (nSPS) is 25.8. The van der Waals surface area contributed by atoms with Crippen LogP contribution in [-0.4, -0.2) is 48.6 Å². The Balaban J connectivity index is 2.12. The number of thiophene rings is 1. The van der Waals surface area contributed by atoms with Gasteiger partial charge in [0.1, 0.15) is 0 Å². The van der Waals surface area contributed by atoms with Crippen LogP contribution in [0.1, 0.15) is 24.6 Å². The van der Waals surface area contributed by atoms with Crippen molar-refractivity contribution < 1.29 is 0 Å². The molecule has 2 N–H and O–H groups in total. The number of likely N-dealkylation sites (tertiary alicyclic amines) is 1. The van der Waals surface area contributed by atoms with Crippen LogP contribution in [0.2, 0.25) is 0 Å². The van der Waals surface area contributed by atoms with Crippen molar-refractivity contribution >= 4 is 11.3 Å². The Kier molecular flexibility index (Phi) is 4.78. The van der Waals surface area contributed by atoms with Crippen LogP contribution in [0.15, 0.2) is 17.5 Å². The molecule has 0 spiro atoms. The highest BCUT2D eigenvalue weighted by Gasteiger charge is 2.37. The zero-order valence-electron chi connectivity index (χ0n) is 11.6. The molecule has 1 aromatic heterocycles. The summed E-state index contributed by atoms with van der Waals surface area (Å²) in [7, 11) is 2.21. The minimum Gasteiger partial charge on any atom is -0.329 e. The minimum absolute atomic E-state index is 0.172. The largest absolute Gasteiger partial charge is 0.329 e. The molecule has 1 unspecified atom stereocenters. The van der Waals surface area contributed by atoms with Crippen LogP contribution in [0.4, 0.5) is 0 Å². The first-order chi connectivity index (χ1) is 8.70. The number of nitrogens with zero attached hydrogens (tertiary/aromatic N) is 2. The van der Waals surface area contributed by atoms with Crippen molar-refractivity contribution in [1.82, 2.24) is 9.80 Å². The predicted octanol–water partition coefficient (Wildman–Crippen LogP) is 1.99. The average Bonchev–Trinajstić information content (AvgIpc) is 2.88. The van der Waals surface area contributed by atoms with Gasteiger partial charge in [-0.2, -0.15) is 0 Å². The second-order valence-electron chi connectivity index (χ2n) is 5.36. The maximum atomic E-state index is 6.14. The Morgan fingerprint density at radius 2 is 2.39 bits per heavy atom. The number of nitrogens with two attached hydrogens (primary N) is 1. The standard InChI is InChI=1S/C14H25N3S/c1-3-17(10-13-6-4-9-18-13)14(11-15)7-5-8-16(2)12-14/h4,6,9H,3,5,7-8,10-12,15H2,1-2H3. The summed E-state index contributed by atoms with van der Waals surface area (Å²) in [5, 5.41) is 2.16. The maximum Gasteiger partial charge on any atom is 0.0462 e. The van der Waals surface area contributed by atoms with E-state index in [4.69, 9.17) is 5.73 Å². The van der Waals surface area contributed by atoms with Gasteiger partial charge in [-0.25, -0.2) is 0 Å². The van der Waals surface area contributed by atoms with Crippen LogP contribution in [-0.2, 0) is 6.54 Å². The average molecular weight is 267 g/mol. The highest BCUT2D eigenvalue weighted by molar-refractivity contribution is 7.09. The van der Waals surface area contributed by atoms with Gasteiger partial charge >= 0.3 is 0 Å². The topological polar surface area (TPSA) is 32.5 Å². The van der Waals surface area contributed by atoms with Crippen molar-refractivity contribution in [2.24, 2.45) is 5.73 Å². The van der Waals surface area contributed by atoms with Crippen LogP contribution in [0, 0.1) is 0 Å². The Bertz CT molecular complexity index is 352. The molecule has 1 atom stereocenters. The lowest BCUT2D eigenvalue weighted by molar-refractivity contribution is 0.0241. The van der Waals surface area contributed by atoms with Crippen molar-refractivity contribution in [2.45, 2.75) is 31.8 Å². The lowest BCUT2D eigenvalue weighted by Gasteiger charge is -2.48. The van der Waals surface area contributed by atoms with Gasteiger partial charge in [0, 0.05) is 30.1 Å². The molecule has 0 amide bonds. The molecule has 1 saturated heterocycles. The Labute approximate surface area is 115 Å². The first-order valence-electron chi connectivity index (χ1n) is 6.86. The zero-order chi connectivity index (χ0) is 13.0. The second kappa shape index (κ2) is 6.15. The van der Waals surface area contributed by atoms with Gasteiger partial charge in [-0.3, -0.25) is 4.90 Å². The van der Waals surface area contributed by atoms with E-state index in [9.17, 15) is 0 Å². The van der Waals surface area contributed by atoms with Gasteiger partial charge in [0.15, 0.2) is 0 Å². The molecule has 1 aliphatic heterocycles. The minimum atomic E-state index is 0.172. The fourth-order valence-electron chi connectivity index (χ4n) is 3.10. The first kappa shape index (κ1) is 14.0. The van der Waals surface area contributed by atoms with Gasteiger partial charge in [-0.1, -0.05) is 13.0 Å². The van der Waals surface area contributed by atoms with E-state index in [2.05, 4.69) is 41.3 Å². The molecule has 3 nitrogen and oxygen atoms in total. The molecule has 0 saturated carbocycles. The van der Waals surface area contributed by atoms with Crippen LogP contribution in [0.3, 0.4) is 0 Å². The van der Waals surface area contributed by atoms with E-state index in [1.165, 1.54) is 24.3 Å². The van der Waals surface area contributed by atoms with Gasteiger partial charge in [0.2, 0.25) is 0 Å². The number of likely N-dealkylation sites (N-methyl/N-ethyl adjacent to an activating group) is 2. The van der Waals surface area contributed by atoms with Crippen LogP contribution in [0.5, 0.6) is 0 Å². The monoisotopic (exact) mass is 267 g/mol. The molecule has 18 heavy (non-hydrogen) atoms. The van der Waals surface area contributed by atoms with Crippen molar-refractivity contribution in [3.05, 3.63) is 22.4 Å². The van der Waals surface area contributed by atoms with Crippen molar-refractivity contribution in [3.63, 3.8) is 0 Å². The molecular formula is C14H25N3S. The third-order valence-electron chi connectivity index (χ3n) is 4.11. The van der Waals surface area contributed by atoms with Gasteiger partial charge in [-0.15, -0.1) is 11.3 Å². The quantitative estimate of drug-likeness (QED) is 0.885. The van der Waals surface area contributed by atoms with Crippen LogP contribution >= 0.6 is 11.3 Å². The fourth-order valence-corrected chi connectivity index (χ4v) is 3.82. The molecule has 4 heteroatoms. The summed E-state index contributed by atoms with van der Waals surface area (Å²) < 4.78 is 0. The van der Waals surface area contributed by atoms with E-state index in [1.54, 1.807) is 0 Å². The first-order valence-corrected chi connectivity index (χ1v) is 7.74.